The molecular formula is C10H13ClN2O2. The second-order valence-electron chi connectivity index (χ2n) is 2.97. The number of aromatic nitrogens is 1. The van der Waals surface area contributed by atoms with Crippen LogP contribution in [0.1, 0.15) is 6.92 Å². The summed E-state index contributed by atoms with van der Waals surface area (Å²) < 4.78 is 4.82. The number of pyridine rings is 1. The highest BCUT2D eigenvalue weighted by molar-refractivity contribution is 6.32. The van der Waals surface area contributed by atoms with Crippen molar-refractivity contribution in [2.45, 2.75) is 6.92 Å². The first-order valence-corrected chi connectivity index (χ1v) is 5.00. The fourth-order valence-corrected chi connectivity index (χ4v) is 1.40. The van der Waals surface area contributed by atoms with Gasteiger partial charge in [0.25, 0.3) is 0 Å². The lowest BCUT2D eigenvalue weighted by Gasteiger charge is -2.17. The Morgan fingerprint density at radius 3 is 3.00 bits per heavy atom. The van der Waals surface area contributed by atoms with Crippen LogP contribution >= 0.6 is 11.6 Å². The van der Waals surface area contributed by atoms with Gasteiger partial charge >= 0.3 is 5.97 Å². The van der Waals surface area contributed by atoms with Gasteiger partial charge in [0.1, 0.15) is 12.4 Å². The molecule has 15 heavy (non-hydrogen) atoms. The minimum atomic E-state index is -0.290. The maximum absolute atomic E-state index is 11.2. The van der Waals surface area contributed by atoms with E-state index in [2.05, 4.69) is 4.98 Å². The van der Waals surface area contributed by atoms with Gasteiger partial charge in [-0.05, 0) is 19.1 Å². The zero-order valence-corrected chi connectivity index (χ0v) is 9.49. The van der Waals surface area contributed by atoms with Gasteiger partial charge in [-0.2, -0.15) is 0 Å². The van der Waals surface area contributed by atoms with Crippen LogP contribution in [0, 0.1) is 0 Å². The highest BCUT2D eigenvalue weighted by atomic mass is 35.5. The number of ether oxygens (including phenoxy) is 1. The summed E-state index contributed by atoms with van der Waals surface area (Å²) in [5.74, 6) is 0.286. The van der Waals surface area contributed by atoms with Crippen molar-refractivity contribution in [3.05, 3.63) is 23.4 Å². The number of carbonyl (C=O) groups excluding carboxylic acids is 1. The molecule has 4 nitrogen and oxygen atoms in total. The predicted octanol–water partition coefficient (Wildman–Crippen LogP) is 1.73. The van der Waals surface area contributed by atoms with Crippen LogP contribution in [-0.2, 0) is 9.53 Å². The van der Waals surface area contributed by atoms with Gasteiger partial charge < -0.3 is 9.64 Å². The summed E-state index contributed by atoms with van der Waals surface area (Å²) in [6.07, 6.45) is 1.63. The molecule has 0 spiro atoms. The Morgan fingerprint density at radius 1 is 1.67 bits per heavy atom. The molecule has 0 aliphatic heterocycles. The molecule has 0 saturated carbocycles. The molecule has 0 amide bonds. The van der Waals surface area contributed by atoms with E-state index in [1.807, 2.05) is 0 Å². The van der Waals surface area contributed by atoms with Crippen LogP contribution in [-0.4, -0.2) is 31.2 Å². The summed E-state index contributed by atoms with van der Waals surface area (Å²) in [6, 6.07) is 3.47. The van der Waals surface area contributed by atoms with Crippen LogP contribution in [0.25, 0.3) is 0 Å². The molecule has 0 atom stereocenters. The normalized spacial score (nSPS) is 9.80. The Labute approximate surface area is 93.8 Å². The molecule has 82 valence electrons. The number of nitrogens with zero attached hydrogens (tertiary/aromatic N) is 2. The second-order valence-corrected chi connectivity index (χ2v) is 3.38. The number of hydrogen-bond donors (Lipinski definition) is 0. The summed E-state index contributed by atoms with van der Waals surface area (Å²) in [6.45, 7) is 2.29. The zero-order valence-electron chi connectivity index (χ0n) is 8.74. The molecule has 0 aromatic carbocycles. The topological polar surface area (TPSA) is 42.4 Å². The lowest BCUT2D eigenvalue weighted by molar-refractivity contribution is -0.141. The molecule has 0 N–H and O–H groups in total. The largest absolute Gasteiger partial charge is 0.465 e. The van der Waals surface area contributed by atoms with Gasteiger partial charge in [-0.3, -0.25) is 4.79 Å². The maximum Gasteiger partial charge on any atom is 0.325 e. The van der Waals surface area contributed by atoms with Crippen molar-refractivity contribution in [3.63, 3.8) is 0 Å². The molecule has 0 saturated heterocycles. The zero-order chi connectivity index (χ0) is 11.3. The smallest absolute Gasteiger partial charge is 0.325 e. The Hall–Kier alpha value is -1.29. The van der Waals surface area contributed by atoms with Crippen molar-refractivity contribution >= 4 is 23.4 Å². The van der Waals surface area contributed by atoms with E-state index in [0.29, 0.717) is 17.4 Å². The van der Waals surface area contributed by atoms with E-state index in [-0.39, 0.29) is 12.5 Å². The van der Waals surface area contributed by atoms with Gasteiger partial charge in [0.2, 0.25) is 0 Å². The van der Waals surface area contributed by atoms with E-state index in [0.717, 1.165) is 0 Å². The SMILES string of the molecule is CCOC(=O)CN(C)c1ncccc1Cl. The van der Waals surface area contributed by atoms with E-state index < -0.39 is 0 Å². The van der Waals surface area contributed by atoms with E-state index in [9.17, 15) is 4.79 Å². The summed E-state index contributed by atoms with van der Waals surface area (Å²) in [4.78, 5) is 16.9. The van der Waals surface area contributed by atoms with Gasteiger partial charge in [-0.1, -0.05) is 11.6 Å². The fraction of sp³-hybridized carbons (Fsp3) is 0.400. The lowest BCUT2D eigenvalue weighted by Crippen LogP contribution is -2.27. The third-order valence-electron chi connectivity index (χ3n) is 1.77. The number of esters is 1. The first-order chi connectivity index (χ1) is 7.15. The highest BCUT2D eigenvalue weighted by Gasteiger charge is 2.11. The maximum atomic E-state index is 11.2. The first kappa shape index (κ1) is 11.8. The average molecular weight is 229 g/mol. The van der Waals surface area contributed by atoms with Gasteiger partial charge in [0.05, 0.1) is 11.6 Å². The molecule has 1 rings (SSSR count). The van der Waals surface area contributed by atoms with Gasteiger partial charge in [-0.25, -0.2) is 4.98 Å². The van der Waals surface area contributed by atoms with Crippen molar-refractivity contribution in [2.24, 2.45) is 0 Å². The van der Waals surface area contributed by atoms with Crippen LogP contribution in [0.5, 0.6) is 0 Å². The molecule has 0 aliphatic rings. The van der Waals surface area contributed by atoms with Crippen molar-refractivity contribution in [3.8, 4) is 0 Å². The first-order valence-electron chi connectivity index (χ1n) is 4.62. The molecule has 0 bridgehead atoms. The monoisotopic (exact) mass is 228 g/mol. The minimum Gasteiger partial charge on any atom is -0.465 e. The summed E-state index contributed by atoms with van der Waals surface area (Å²) in [5.41, 5.74) is 0. The number of likely N-dealkylation sites (N-methyl/N-ethyl adjacent to an activating group) is 1. The molecule has 0 fully saturated rings. The van der Waals surface area contributed by atoms with Crippen LogP contribution in [0.4, 0.5) is 5.82 Å². The average Bonchev–Trinajstić information content (AvgIpc) is 2.18. The van der Waals surface area contributed by atoms with Crippen LogP contribution in [0.2, 0.25) is 5.02 Å². The lowest BCUT2D eigenvalue weighted by atomic mass is 10.4. The molecule has 0 unspecified atom stereocenters. The highest BCUT2D eigenvalue weighted by Crippen LogP contribution is 2.20. The molecule has 1 aromatic heterocycles. The van der Waals surface area contributed by atoms with Crippen molar-refractivity contribution in [1.29, 1.82) is 0 Å². The van der Waals surface area contributed by atoms with E-state index >= 15 is 0 Å². The second kappa shape index (κ2) is 5.56. The Balaban J connectivity index is 2.65. The van der Waals surface area contributed by atoms with Gasteiger partial charge in [-0.15, -0.1) is 0 Å². The fourth-order valence-electron chi connectivity index (χ4n) is 1.13. The third-order valence-corrected chi connectivity index (χ3v) is 2.07. The van der Waals surface area contributed by atoms with E-state index in [1.165, 1.54) is 0 Å². The summed E-state index contributed by atoms with van der Waals surface area (Å²) >= 11 is 5.92. The number of anilines is 1. The van der Waals surface area contributed by atoms with Crippen molar-refractivity contribution < 1.29 is 9.53 Å². The summed E-state index contributed by atoms with van der Waals surface area (Å²) in [5, 5.41) is 0.518. The Bertz CT molecular complexity index is 344. The van der Waals surface area contributed by atoms with Gasteiger partial charge in [0.15, 0.2) is 0 Å². The van der Waals surface area contributed by atoms with E-state index in [4.69, 9.17) is 16.3 Å². The summed E-state index contributed by atoms with van der Waals surface area (Å²) in [7, 11) is 1.74. The van der Waals surface area contributed by atoms with Crippen LogP contribution < -0.4 is 4.90 Å². The number of hydrogen-bond acceptors (Lipinski definition) is 4. The quantitative estimate of drug-likeness (QED) is 0.737. The molecular weight excluding hydrogens is 216 g/mol. The van der Waals surface area contributed by atoms with Crippen LogP contribution in [0.3, 0.4) is 0 Å². The Morgan fingerprint density at radius 2 is 2.40 bits per heavy atom. The van der Waals surface area contributed by atoms with Crippen molar-refractivity contribution in [2.75, 3.05) is 25.1 Å². The predicted molar refractivity (Wildman–Crippen MR) is 59.2 cm³/mol. The van der Waals surface area contributed by atoms with Gasteiger partial charge in [0, 0.05) is 13.2 Å². The third kappa shape index (κ3) is 3.40. The Kier molecular flexibility index (Phi) is 4.37. The molecule has 1 heterocycles. The number of halogens is 1. The molecule has 1 aromatic rings. The molecule has 5 heteroatoms. The van der Waals surface area contributed by atoms with E-state index in [1.54, 1.807) is 37.2 Å². The molecule has 0 radical (unpaired) electrons. The van der Waals surface area contributed by atoms with Crippen molar-refractivity contribution in [1.82, 2.24) is 4.98 Å². The molecule has 0 aliphatic carbocycles. The number of carbonyl (C=O) groups is 1. The van der Waals surface area contributed by atoms with Crippen LogP contribution in [0.15, 0.2) is 18.3 Å². The standard InChI is InChI=1S/C10H13ClN2O2/c1-3-15-9(14)7-13(2)10-8(11)5-4-6-12-10/h4-6H,3,7H2,1-2H3. The minimum absolute atomic E-state index is 0.143. The number of rotatable bonds is 4.